The molecular formula is C26H26N8O5. The van der Waals surface area contributed by atoms with E-state index in [1.807, 2.05) is 11.0 Å². The molecule has 2 fully saturated rings. The molecule has 3 amide bonds. The average Bonchev–Trinajstić information content (AvgIpc) is 3.46. The van der Waals surface area contributed by atoms with E-state index < -0.39 is 12.0 Å². The first kappa shape index (κ1) is 25.7. The van der Waals surface area contributed by atoms with E-state index in [9.17, 15) is 19.5 Å². The summed E-state index contributed by atoms with van der Waals surface area (Å²) in [4.78, 5) is 54.5. The van der Waals surface area contributed by atoms with Gasteiger partial charge in [-0.05, 0) is 30.2 Å². The van der Waals surface area contributed by atoms with Crippen LogP contribution >= 0.6 is 0 Å². The summed E-state index contributed by atoms with van der Waals surface area (Å²) in [6.07, 6.45) is 2.62. The van der Waals surface area contributed by atoms with E-state index in [1.54, 1.807) is 29.2 Å². The van der Waals surface area contributed by atoms with Crippen molar-refractivity contribution >= 4 is 34.6 Å². The normalized spacial score (nSPS) is 17.2. The maximum atomic E-state index is 13.0. The number of hydrogen-bond donors (Lipinski definition) is 3. The van der Waals surface area contributed by atoms with Crippen molar-refractivity contribution in [1.82, 2.24) is 30.1 Å². The summed E-state index contributed by atoms with van der Waals surface area (Å²) in [6, 6.07) is 8.58. The molecule has 0 bridgehead atoms. The van der Waals surface area contributed by atoms with Crippen molar-refractivity contribution in [3.05, 3.63) is 53.6 Å². The van der Waals surface area contributed by atoms with Crippen molar-refractivity contribution in [3.63, 3.8) is 0 Å². The van der Waals surface area contributed by atoms with E-state index in [0.717, 1.165) is 0 Å². The fraction of sp³-hybridized carbons (Fsp3) is 0.346. The van der Waals surface area contributed by atoms with Gasteiger partial charge in [-0.25, -0.2) is 19.7 Å². The van der Waals surface area contributed by atoms with Gasteiger partial charge >= 0.3 is 6.09 Å². The minimum atomic E-state index is -0.967. The lowest BCUT2D eigenvalue weighted by atomic mass is 10.1. The van der Waals surface area contributed by atoms with Gasteiger partial charge in [-0.3, -0.25) is 9.59 Å². The van der Waals surface area contributed by atoms with Gasteiger partial charge in [0.1, 0.15) is 17.6 Å². The molecule has 0 radical (unpaired) electrons. The summed E-state index contributed by atoms with van der Waals surface area (Å²) in [5.74, 6) is -0.386. The predicted octanol–water partition coefficient (Wildman–Crippen LogP) is 1.18. The molecule has 39 heavy (non-hydrogen) atoms. The molecule has 3 N–H and O–H groups in total. The van der Waals surface area contributed by atoms with Gasteiger partial charge in [-0.15, -0.1) is 0 Å². The van der Waals surface area contributed by atoms with Crippen LogP contribution in [0.15, 0.2) is 36.7 Å². The van der Waals surface area contributed by atoms with Gasteiger partial charge in [-0.1, -0.05) is 6.07 Å². The molecule has 1 atom stereocenters. The van der Waals surface area contributed by atoms with Crippen LogP contribution in [0.1, 0.15) is 28.2 Å². The van der Waals surface area contributed by atoms with Crippen molar-refractivity contribution in [2.75, 3.05) is 44.2 Å². The lowest BCUT2D eigenvalue weighted by molar-refractivity contribution is -0.136. The Hall–Kier alpha value is -4.99. The third-order valence-corrected chi connectivity index (χ3v) is 7.04. The summed E-state index contributed by atoms with van der Waals surface area (Å²) in [5.41, 5.74) is 1.25. The molecule has 3 aromatic heterocycles. The predicted molar refractivity (Wildman–Crippen MR) is 138 cm³/mol. The lowest BCUT2D eigenvalue weighted by Crippen LogP contribution is -2.51. The number of nitriles is 1. The molecule has 0 aliphatic carbocycles. The monoisotopic (exact) mass is 530 g/mol. The Morgan fingerprint density at radius 1 is 1.03 bits per heavy atom. The molecule has 13 nitrogen and oxygen atoms in total. The lowest BCUT2D eigenvalue weighted by Gasteiger charge is -2.34. The van der Waals surface area contributed by atoms with E-state index in [1.165, 1.54) is 17.3 Å². The number of piperazine rings is 1. The SMILES string of the molecule is N#Cc1ccc(CNC(=O)c2ncc3nc(N4CCC(C(=O)N5CCN(C(=O)O)CC5)C4)ccc3c2O)cn1. The largest absolute Gasteiger partial charge is 0.505 e. The van der Waals surface area contributed by atoms with Crippen LogP contribution in [-0.4, -0.2) is 92.1 Å². The molecule has 0 spiro atoms. The van der Waals surface area contributed by atoms with E-state index >= 15 is 0 Å². The molecule has 0 aromatic carbocycles. The maximum absolute atomic E-state index is 13.0. The van der Waals surface area contributed by atoms with Gasteiger partial charge in [0.2, 0.25) is 5.91 Å². The summed E-state index contributed by atoms with van der Waals surface area (Å²) >= 11 is 0. The molecule has 200 valence electrons. The van der Waals surface area contributed by atoms with Crippen LogP contribution in [0.25, 0.3) is 10.9 Å². The highest BCUT2D eigenvalue weighted by Gasteiger charge is 2.34. The first-order chi connectivity index (χ1) is 18.8. The highest BCUT2D eigenvalue weighted by atomic mass is 16.4. The molecule has 2 saturated heterocycles. The second-order valence-electron chi connectivity index (χ2n) is 9.43. The van der Waals surface area contributed by atoms with Crippen molar-refractivity contribution in [1.29, 1.82) is 5.26 Å². The Labute approximate surface area is 223 Å². The zero-order valence-corrected chi connectivity index (χ0v) is 20.9. The smallest absolute Gasteiger partial charge is 0.407 e. The maximum Gasteiger partial charge on any atom is 0.407 e. The summed E-state index contributed by atoms with van der Waals surface area (Å²) < 4.78 is 0. The number of nitrogens with zero attached hydrogens (tertiary/aromatic N) is 7. The van der Waals surface area contributed by atoms with Crippen molar-refractivity contribution in [2.24, 2.45) is 5.92 Å². The summed E-state index contributed by atoms with van der Waals surface area (Å²) in [5, 5.41) is 31.7. The van der Waals surface area contributed by atoms with Gasteiger partial charge in [0, 0.05) is 57.4 Å². The third-order valence-electron chi connectivity index (χ3n) is 7.04. The van der Waals surface area contributed by atoms with Crippen LogP contribution < -0.4 is 10.2 Å². The molecule has 2 aliphatic rings. The number of carbonyl (C=O) groups is 3. The Morgan fingerprint density at radius 3 is 2.49 bits per heavy atom. The van der Waals surface area contributed by atoms with Crippen molar-refractivity contribution in [3.8, 4) is 11.8 Å². The molecule has 5 rings (SSSR count). The van der Waals surface area contributed by atoms with Gasteiger partial charge in [0.25, 0.3) is 5.91 Å². The van der Waals surface area contributed by atoms with Crippen LogP contribution in [0.2, 0.25) is 0 Å². The Bertz CT molecular complexity index is 1460. The number of carboxylic acid groups (broad SMARTS) is 1. The topological polar surface area (TPSA) is 176 Å². The van der Waals surface area contributed by atoms with Gasteiger partial charge < -0.3 is 30.2 Å². The zero-order valence-electron chi connectivity index (χ0n) is 20.9. The molecular weight excluding hydrogens is 504 g/mol. The third kappa shape index (κ3) is 5.35. The molecule has 5 heterocycles. The zero-order chi connectivity index (χ0) is 27.5. The number of hydrogen-bond acceptors (Lipinski definition) is 9. The quantitative estimate of drug-likeness (QED) is 0.434. The second-order valence-corrected chi connectivity index (χ2v) is 9.43. The molecule has 13 heteroatoms. The van der Waals surface area contributed by atoms with Crippen molar-refractivity contribution in [2.45, 2.75) is 13.0 Å². The first-order valence-corrected chi connectivity index (χ1v) is 12.5. The van der Waals surface area contributed by atoms with Crippen LogP contribution in [-0.2, 0) is 11.3 Å². The highest BCUT2D eigenvalue weighted by molar-refractivity contribution is 6.00. The number of fused-ring (bicyclic) bond motifs is 1. The van der Waals surface area contributed by atoms with Crippen LogP contribution in [0.4, 0.5) is 10.6 Å². The number of anilines is 1. The standard InChI is InChI=1S/C26H26N8O5/c27-11-18-2-1-16(12-28-18)13-30-24(36)22-23(35)19-3-4-21(31-20(19)14-29-22)34-6-5-17(15-34)25(37)32-7-9-33(10-8-32)26(38)39/h1-4,12,14,17,35H,5-10,13,15H2,(H,30,36)(H,38,39). The first-order valence-electron chi connectivity index (χ1n) is 12.5. The minimum Gasteiger partial charge on any atom is -0.505 e. The summed E-state index contributed by atoms with van der Waals surface area (Å²) in [7, 11) is 0. The van der Waals surface area contributed by atoms with Crippen LogP contribution in [0.3, 0.4) is 0 Å². The van der Waals surface area contributed by atoms with E-state index in [4.69, 9.17) is 10.4 Å². The number of rotatable bonds is 5. The van der Waals surface area contributed by atoms with E-state index in [-0.39, 0.29) is 35.5 Å². The average molecular weight is 531 g/mol. The van der Waals surface area contributed by atoms with E-state index in [0.29, 0.717) is 68.0 Å². The Morgan fingerprint density at radius 2 is 1.79 bits per heavy atom. The number of pyridine rings is 3. The number of carbonyl (C=O) groups excluding carboxylic acids is 2. The van der Waals surface area contributed by atoms with Gasteiger partial charge in [0.15, 0.2) is 11.4 Å². The minimum absolute atomic E-state index is 0.0232. The van der Waals surface area contributed by atoms with Crippen molar-refractivity contribution < 1.29 is 24.6 Å². The number of nitrogens with one attached hydrogen (secondary N) is 1. The van der Waals surface area contributed by atoms with Gasteiger partial charge in [-0.2, -0.15) is 5.26 Å². The Balaban J connectivity index is 1.22. The Kier molecular flexibility index (Phi) is 7.09. The molecule has 0 saturated carbocycles. The highest BCUT2D eigenvalue weighted by Crippen LogP contribution is 2.30. The number of aromatic nitrogens is 3. The second kappa shape index (κ2) is 10.8. The van der Waals surface area contributed by atoms with Crippen LogP contribution in [0.5, 0.6) is 5.75 Å². The summed E-state index contributed by atoms with van der Waals surface area (Å²) in [6.45, 7) is 2.68. The van der Waals surface area contributed by atoms with E-state index in [2.05, 4.69) is 20.3 Å². The number of aromatic hydroxyl groups is 1. The van der Waals surface area contributed by atoms with Crippen LogP contribution in [0, 0.1) is 17.2 Å². The fourth-order valence-electron chi connectivity index (χ4n) is 4.83. The molecule has 2 aliphatic heterocycles. The van der Waals surface area contributed by atoms with Gasteiger partial charge in [0.05, 0.1) is 17.6 Å². The molecule has 1 unspecified atom stereocenters. The molecule has 3 aromatic rings. The number of amides is 3. The fourth-order valence-corrected chi connectivity index (χ4v) is 4.83.